The van der Waals surface area contributed by atoms with E-state index in [1.165, 1.54) is 18.4 Å². The quantitative estimate of drug-likeness (QED) is 0.648. The van der Waals surface area contributed by atoms with Gasteiger partial charge in [-0.15, -0.1) is 0 Å². The summed E-state index contributed by atoms with van der Waals surface area (Å²) in [7, 11) is 1.83. The number of methoxy groups -OCH3 is 1. The van der Waals surface area contributed by atoms with Crippen molar-refractivity contribution in [3.05, 3.63) is 35.9 Å². The summed E-state index contributed by atoms with van der Waals surface area (Å²) >= 11 is 0. The fourth-order valence-corrected chi connectivity index (χ4v) is 6.02. The van der Waals surface area contributed by atoms with E-state index in [0.717, 1.165) is 70.2 Å². The Kier molecular flexibility index (Phi) is 6.04. The molecule has 0 bridgehead atoms. The van der Waals surface area contributed by atoms with E-state index < -0.39 is 11.4 Å². The first-order valence-electron chi connectivity index (χ1n) is 11.5. The molecule has 2 aliphatic carbocycles. The highest BCUT2D eigenvalue weighted by atomic mass is 16.5. The van der Waals surface area contributed by atoms with Gasteiger partial charge >= 0.3 is 5.97 Å². The minimum absolute atomic E-state index is 0.241. The average molecular weight is 400 g/mol. The van der Waals surface area contributed by atoms with Gasteiger partial charge in [0, 0.05) is 13.7 Å². The SMILES string of the molecule is COCC1(C(C)C[C@@H]2C[C@H]2c2ccccc2)CCN(CC2(C(=O)O)CCC2)CC1. The maximum atomic E-state index is 11.7. The highest BCUT2D eigenvalue weighted by Gasteiger charge is 2.48. The summed E-state index contributed by atoms with van der Waals surface area (Å²) in [6.45, 7) is 6.01. The van der Waals surface area contributed by atoms with Crippen LogP contribution in [0.15, 0.2) is 30.3 Å². The predicted octanol–water partition coefficient (Wildman–Crippen LogP) is 4.80. The topological polar surface area (TPSA) is 49.8 Å². The van der Waals surface area contributed by atoms with Crippen LogP contribution < -0.4 is 0 Å². The third-order valence-electron chi connectivity index (χ3n) is 8.43. The second-order valence-corrected chi connectivity index (χ2v) is 10.2. The summed E-state index contributed by atoms with van der Waals surface area (Å²) in [5, 5.41) is 9.67. The van der Waals surface area contributed by atoms with Gasteiger partial charge < -0.3 is 14.7 Å². The van der Waals surface area contributed by atoms with Crippen LogP contribution in [0.4, 0.5) is 0 Å². The Labute approximate surface area is 175 Å². The van der Waals surface area contributed by atoms with Crippen molar-refractivity contribution in [2.45, 2.75) is 57.8 Å². The Bertz CT molecular complexity index is 691. The molecule has 3 fully saturated rings. The molecule has 4 rings (SSSR count). The zero-order valence-corrected chi connectivity index (χ0v) is 18.1. The lowest BCUT2D eigenvalue weighted by atomic mass is 9.66. The van der Waals surface area contributed by atoms with Crippen LogP contribution >= 0.6 is 0 Å². The van der Waals surface area contributed by atoms with Gasteiger partial charge in [0.2, 0.25) is 0 Å². The smallest absolute Gasteiger partial charge is 0.310 e. The van der Waals surface area contributed by atoms with Gasteiger partial charge in [0.05, 0.1) is 12.0 Å². The lowest BCUT2D eigenvalue weighted by molar-refractivity contribution is -0.157. The number of hydrogen-bond acceptors (Lipinski definition) is 3. The van der Waals surface area contributed by atoms with Crippen molar-refractivity contribution in [3.63, 3.8) is 0 Å². The van der Waals surface area contributed by atoms with E-state index in [2.05, 4.69) is 42.2 Å². The van der Waals surface area contributed by atoms with E-state index in [1.807, 2.05) is 7.11 Å². The van der Waals surface area contributed by atoms with Crippen molar-refractivity contribution >= 4 is 5.97 Å². The Morgan fingerprint density at radius 2 is 1.90 bits per heavy atom. The number of aliphatic carboxylic acids is 1. The van der Waals surface area contributed by atoms with Crippen molar-refractivity contribution in [1.82, 2.24) is 4.90 Å². The molecule has 4 nitrogen and oxygen atoms in total. The molecule has 1 saturated heterocycles. The van der Waals surface area contributed by atoms with Gasteiger partial charge in [0.15, 0.2) is 0 Å². The lowest BCUT2D eigenvalue weighted by Gasteiger charge is -2.48. The van der Waals surface area contributed by atoms with Crippen molar-refractivity contribution < 1.29 is 14.6 Å². The van der Waals surface area contributed by atoms with Gasteiger partial charge in [-0.05, 0) is 80.3 Å². The lowest BCUT2D eigenvalue weighted by Crippen LogP contribution is -2.52. The number of benzene rings is 1. The van der Waals surface area contributed by atoms with E-state index in [0.29, 0.717) is 5.92 Å². The second-order valence-electron chi connectivity index (χ2n) is 10.2. The number of carbonyl (C=O) groups is 1. The van der Waals surface area contributed by atoms with Crippen LogP contribution in [0.5, 0.6) is 0 Å². The molecule has 1 unspecified atom stereocenters. The number of piperidine rings is 1. The summed E-state index contributed by atoms with van der Waals surface area (Å²) < 4.78 is 5.71. The fraction of sp³-hybridized carbons (Fsp3) is 0.720. The number of likely N-dealkylation sites (tertiary alicyclic amines) is 1. The van der Waals surface area contributed by atoms with Crippen molar-refractivity contribution in [1.29, 1.82) is 0 Å². The van der Waals surface area contributed by atoms with Gasteiger partial charge in [0.1, 0.15) is 0 Å². The molecule has 3 aliphatic rings. The summed E-state index contributed by atoms with van der Waals surface area (Å²) in [6, 6.07) is 11.0. The molecule has 160 valence electrons. The van der Waals surface area contributed by atoms with Gasteiger partial charge in [-0.1, -0.05) is 43.7 Å². The Morgan fingerprint density at radius 1 is 1.21 bits per heavy atom. The number of hydrogen-bond donors (Lipinski definition) is 1. The molecular weight excluding hydrogens is 362 g/mol. The van der Waals surface area contributed by atoms with E-state index in [-0.39, 0.29) is 5.41 Å². The normalized spacial score (nSPS) is 29.0. The van der Waals surface area contributed by atoms with Crippen molar-refractivity contribution in [2.24, 2.45) is 22.7 Å². The van der Waals surface area contributed by atoms with Crippen LogP contribution in [0.2, 0.25) is 0 Å². The van der Waals surface area contributed by atoms with E-state index in [9.17, 15) is 9.90 Å². The molecule has 1 N–H and O–H groups in total. The fourth-order valence-electron chi connectivity index (χ4n) is 6.02. The monoisotopic (exact) mass is 399 g/mol. The molecule has 1 aliphatic heterocycles. The molecule has 1 heterocycles. The van der Waals surface area contributed by atoms with Crippen LogP contribution in [0.1, 0.15) is 63.4 Å². The molecule has 0 amide bonds. The third kappa shape index (κ3) is 4.25. The number of nitrogens with zero attached hydrogens (tertiary/aromatic N) is 1. The first-order valence-corrected chi connectivity index (χ1v) is 11.5. The van der Waals surface area contributed by atoms with Gasteiger partial charge in [-0.25, -0.2) is 0 Å². The largest absolute Gasteiger partial charge is 0.481 e. The van der Waals surface area contributed by atoms with E-state index in [4.69, 9.17) is 4.74 Å². The van der Waals surface area contributed by atoms with Gasteiger partial charge in [-0.3, -0.25) is 4.79 Å². The zero-order chi connectivity index (χ0) is 20.5. The maximum Gasteiger partial charge on any atom is 0.310 e. The first kappa shape index (κ1) is 20.9. The van der Waals surface area contributed by atoms with Crippen molar-refractivity contribution in [2.75, 3.05) is 33.4 Å². The number of carboxylic acid groups (broad SMARTS) is 1. The molecular formula is C25H37NO3. The summed E-state index contributed by atoms with van der Waals surface area (Å²) in [6.07, 6.45) is 7.62. The first-order chi connectivity index (χ1) is 14.0. The van der Waals surface area contributed by atoms with E-state index in [1.54, 1.807) is 0 Å². The summed E-state index contributed by atoms with van der Waals surface area (Å²) in [5.41, 5.74) is 1.27. The van der Waals surface area contributed by atoms with E-state index >= 15 is 0 Å². The Morgan fingerprint density at radius 3 is 2.45 bits per heavy atom. The summed E-state index contributed by atoms with van der Waals surface area (Å²) in [4.78, 5) is 14.2. The molecule has 0 radical (unpaired) electrons. The Balaban J connectivity index is 1.33. The second kappa shape index (κ2) is 8.39. The molecule has 1 aromatic rings. The van der Waals surface area contributed by atoms with Crippen LogP contribution in [0.3, 0.4) is 0 Å². The van der Waals surface area contributed by atoms with Crippen LogP contribution in [0, 0.1) is 22.7 Å². The van der Waals surface area contributed by atoms with Crippen LogP contribution in [-0.4, -0.2) is 49.3 Å². The molecule has 0 aromatic heterocycles. The molecule has 0 spiro atoms. The van der Waals surface area contributed by atoms with Gasteiger partial charge in [-0.2, -0.15) is 0 Å². The molecule has 4 heteroatoms. The van der Waals surface area contributed by atoms with Gasteiger partial charge in [0.25, 0.3) is 0 Å². The molecule has 3 atom stereocenters. The highest BCUT2D eigenvalue weighted by Crippen LogP contribution is 2.54. The minimum Gasteiger partial charge on any atom is -0.481 e. The predicted molar refractivity (Wildman–Crippen MR) is 115 cm³/mol. The number of rotatable bonds is 9. The molecule has 2 saturated carbocycles. The average Bonchev–Trinajstić information content (AvgIpc) is 3.45. The van der Waals surface area contributed by atoms with Crippen LogP contribution in [0.25, 0.3) is 0 Å². The van der Waals surface area contributed by atoms with Crippen molar-refractivity contribution in [3.8, 4) is 0 Å². The minimum atomic E-state index is -0.591. The molecule has 29 heavy (non-hydrogen) atoms. The number of carboxylic acids is 1. The standard InChI is InChI=1S/C25H37NO3/c1-19(15-21-16-22(21)20-7-4-3-5-8-20)25(18-29-2)11-13-26(14-12-25)17-24(23(27)28)9-6-10-24/h3-5,7-8,19,21-22H,6,9-18H2,1-2H3,(H,27,28)/t19?,21-,22+/m1/s1. The van der Waals surface area contributed by atoms with Crippen LogP contribution in [-0.2, 0) is 9.53 Å². The third-order valence-corrected chi connectivity index (χ3v) is 8.43. The maximum absolute atomic E-state index is 11.7. The number of ether oxygens (including phenoxy) is 1. The molecule has 1 aromatic carbocycles. The summed E-state index contributed by atoms with van der Waals surface area (Å²) in [5.74, 6) is 1.60. The Hall–Kier alpha value is -1.39. The zero-order valence-electron chi connectivity index (χ0n) is 18.1. The highest BCUT2D eigenvalue weighted by molar-refractivity contribution is 5.76.